The van der Waals surface area contributed by atoms with E-state index in [1.807, 2.05) is 0 Å². The second-order valence-electron chi connectivity index (χ2n) is 2.55. The van der Waals surface area contributed by atoms with Gasteiger partial charge in [0.25, 0.3) is 0 Å². The van der Waals surface area contributed by atoms with Crippen molar-refractivity contribution in [2.45, 2.75) is 31.4 Å². The standard InChI is InChI=1S/C6H9FO2.Na/c7-6(2-1-3-6)4-5(8)9;/h1-4H2,(H,8,9);/q;+1/p-1. The van der Waals surface area contributed by atoms with Crippen LogP contribution in [0.3, 0.4) is 0 Å². The molecular weight excluding hydrogens is 146 g/mol. The van der Waals surface area contributed by atoms with Crippen LogP contribution in [0.15, 0.2) is 0 Å². The van der Waals surface area contributed by atoms with E-state index in [0.717, 1.165) is 6.42 Å². The molecule has 0 bridgehead atoms. The Morgan fingerprint density at radius 3 is 2.20 bits per heavy atom. The van der Waals surface area contributed by atoms with Gasteiger partial charge in [0, 0.05) is 12.4 Å². The molecule has 2 nitrogen and oxygen atoms in total. The van der Waals surface area contributed by atoms with Crippen molar-refractivity contribution in [3.63, 3.8) is 0 Å². The van der Waals surface area contributed by atoms with Crippen molar-refractivity contribution < 1.29 is 43.8 Å². The Hall–Kier alpha value is 0.400. The quantitative estimate of drug-likeness (QED) is 0.398. The maximum absolute atomic E-state index is 12.7. The van der Waals surface area contributed by atoms with Crippen LogP contribution in [0.5, 0.6) is 0 Å². The molecule has 0 aliphatic heterocycles. The average molecular weight is 154 g/mol. The molecule has 1 rings (SSSR count). The van der Waals surface area contributed by atoms with Crippen LogP contribution in [0.1, 0.15) is 25.7 Å². The van der Waals surface area contributed by atoms with Crippen molar-refractivity contribution in [2.75, 3.05) is 0 Å². The minimum atomic E-state index is -1.42. The predicted octanol–water partition coefficient (Wildman–Crippen LogP) is -2.98. The number of aliphatic carboxylic acids is 1. The van der Waals surface area contributed by atoms with Gasteiger partial charge in [-0.3, -0.25) is 0 Å². The maximum atomic E-state index is 12.7. The summed E-state index contributed by atoms with van der Waals surface area (Å²) >= 11 is 0. The van der Waals surface area contributed by atoms with Gasteiger partial charge in [0.15, 0.2) is 0 Å². The molecule has 0 aromatic carbocycles. The topological polar surface area (TPSA) is 40.1 Å². The number of carbonyl (C=O) groups is 1. The van der Waals surface area contributed by atoms with E-state index in [0.29, 0.717) is 12.8 Å². The Balaban J connectivity index is 0.000000810. The minimum Gasteiger partial charge on any atom is -0.550 e. The van der Waals surface area contributed by atoms with Crippen molar-refractivity contribution in [1.82, 2.24) is 0 Å². The number of hydrogen-bond donors (Lipinski definition) is 0. The first-order chi connectivity index (χ1) is 4.12. The van der Waals surface area contributed by atoms with Crippen LogP contribution < -0.4 is 34.7 Å². The number of rotatable bonds is 2. The van der Waals surface area contributed by atoms with E-state index in [9.17, 15) is 14.3 Å². The second-order valence-corrected chi connectivity index (χ2v) is 2.55. The summed E-state index contributed by atoms with van der Waals surface area (Å²) in [6.07, 6.45) is 1.17. The van der Waals surface area contributed by atoms with E-state index in [1.165, 1.54) is 0 Å². The number of carbonyl (C=O) groups excluding carboxylic acids is 1. The van der Waals surface area contributed by atoms with Crippen LogP contribution in [0, 0.1) is 0 Å². The first-order valence-corrected chi connectivity index (χ1v) is 3.01. The van der Waals surface area contributed by atoms with Gasteiger partial charge in [-0.25, -0.2) is 4.39 Å². The summed E-state index contributed by atoms with van der Waals surface area (Å²) in [6.45, 7) is 0. The predicted molar refractivity (Wildman–Crippen MR) is 27.3 cm³/mol. The molecule has 0 spiro atoms. The fourth-order valence-electron chi connectivity index (χ4n) is 0.996. The molecule has 0 atom stereocenters. The van der Waals surface area contributed by atoms with Gasteiger partial charge >= 0.3 is 29.6 Å². The average Bonchev–Trinajstić information content (AvgIpc) is 1.60. The first-order valence-electron chi connectivity index (χ1n) is 3.01. The van der Waals surface area contributed by atoms with Crippen molar-refractivity contribution in [2.24, 2.45) is 0 Å². The van der Waals surface area contributed by atoms with Gasteiger partial charge in [-0.05, 0) is 19.3 Å². The number of hydrogen-bond acceptors (Lipinski definition) is 2. The number of alkyl halides is 1. The third-order valence-electron chi connectivity index (χ3n) is 1.71. The summed E-state index contributed by atoms with van der Waals surface area (Å²) in [5.74, 6) is -1.28. The normalized spacial score (nSPS) is 20.5. The van der Waals surface area contributed by atoms with Gasteiger partial charge in [0.1, 0.15) is 5.67 Å². The van der Waals surface area contributed by atoms with Crippen molar-refractivity contribution in [3.05, 3.63) is 0 Å². The van der Waals surface area contributed by atoms with E-state index in [1.54, 1.807) is 0 Å². The molecule has 1 fully saturated rings. The summed E-state index contributed by atoms with van der Waals surface area (Å²) < 4.78 is 12.7. The third kappa shape index (κ3) is 2.56. The Morgan fingerprint density at radius 2 is 2.10 bits per heavy atom. The Kier molecular flexibility index (Phi) is 3.84. The smallest absolute Gasteiger partial charge is 0.550 e. The zero-order valence-electron chi connectivity index (χ0n) is 6.02. The van der Waals surface area contributed by atoms with E-state index in [2.05, 4.69) is 0 Å². The second kappa shape index (κ2) is 3.69. The van der Waals surface area contributed by atoms with Crippen molar-refractivity contribution in [3.8, 4) is 0 Å². The summed E-state index contributed by atoms with van der Waals surface area (Å²) in [6, 6.07) is 0. The molecule has 0 amide bonds. The fourth-order valence-corrected chi connectivity index (χ4v) is 0.996. The third-order valence-corrected chi connectivity index (χ3v) is 1.71. The molecule has 52 valence electrons. The Labute approximate surface area is 81.1 Å². The molecular formula is C6H8FNaO2. The van der Waals surface area contributed by atoms with Crippen LogP contribution >= 0.6 is 0 Å². The summed E-state index contributed by atoms with van der Waals surface area (Å²) in [7, 11) is 0. The van der Waals surface area contributed by atoms with Gasteiger partial charge in [0.2, 0.25) is 0 Å². The largest absolute Gasteiger partial charge is 1.00 e. The summed E-state index contributed by atoms with van der Waals surface area (Å²) in [5.41, 5.74) is -1.42. The van der Waals surface area contributed by atoms with Crippen LogP contribution in [0.25, 0.3) is 0 Å². The number of halogens is 1. The molecule has 0 N–H and O–H groups in total. The molecule has 0 heterocycles. The van der Waals surface area contributed by atoms with E-state index < -0.39 is 18.1 Å². The van der Waals surface area contributed by atoms with Gasteiger partial charge in [-0.15, -0.1) is 0 Å². The zero-order chi connectivity index (χ0) is 6.91. The molecule has 0 aromatic rings. The first kappa shape index (κ1) is 10.4. The van der Waals surface area contributed by atoms with Crippen LogP contribution in [0.4, 0.5) is 4.39 Å². The van der Waals surface area contributed by atoms with E-state index in [-0.39, 0.29) is 29.6 Å². The number of carboxylic acids is 1. The molecule has 0 unspecified atom stereocenters. The van der Waals surface area contributed by atoms with Crippen molar-refractivity contribution >= 4 is 5.97 Å². The monoisotopic (exact) mass is 154 g/mol. The molecule has 4 heteroatoms. The fraction of sp³-hybridized carbons (Fsp3) is 0.833. The molecule has 10 heavy (non-hydrogen) atoms. The molecule has 0 aromatic heterocycles. The summed E-state index contributed by atoms with van der Waals surface area (Å²) in [4.78, 5) is 9.86. The van der Waals surface area contributed by atoms with Crippen LogP contribution in [0.2, 0.25) is 0 Å². The van der Waals surface area contributed by atoms with Gasteiger partial charge in [-0.1, -0.05) is 0 Å². The van der Waals surface area contributed by atoms with Gasteiger partial charge in [0.05, 0.1) is 0 Å². The molecule has 1 aliphatic rings. The molecule has 0 saturated heterocycles. The minimum absolute atomic E-state index is 0. The van der Waals surface area contributed by atoms with Crippen molar-refractivity contribution in [1.29, 1.82) is 0 Å². The molecule has 1 aliphatic carbocycles. The van der Waals surface area contributed by atoms with E-state index >= 15 is 0 Å². The van der Waals surface area contributed by atoms with Crippen LogP contribution in [-0.4, -0.2) is 11.6 Å². The number of carboxylic acid groups (broad SMARTS) is 1. The van der Waals surface area contributed by atoms with Gasteiger partial charge in [-0.2, -0.15) is 0 Å². The SMILES string of the molecule is O=C([O-])CC1(F)CCC1.[Na+]. The Bertz CT molecular complexity index is 134. The van der Waals surface area contributed by atoms with Crippen LogP contribution in [-0.2, 0) is 4.79 Å². The molecule has 1 saturated carbocycles. The van der Waals surface area contributed by atoms with E-state index in [4.69, 9.17) is 0 Å². The maximum Gasteiger partial charge on any atom is 1.00 e. The Morgan fingerprint density at radius 1 is 1.60 bits per heavy atom. The summed E-state index contributed by atoms with van der Waals surface area (Å²) in [5, 5.41) is 9.86. The van der Waals surface area contributed by atoms with Gasteiger partial charge < -0.3 is 9.90 Å². The molecule has 0 radical (unpaired) electrons. The zero-order valence-corrected chi connectivity index (χ0v) is 8.02.